The Morgan fingerprint density at radius 1 is 1.16 bits per heavy atom. The number of nitrogens with zero attached hydrogens (tertiary/aromatic N) is 3. The van der Waals surface area contributed by atoms with Crippen LogP contribution in [0.3, 0.4) is 0 Å². The van der Waals surface area contributed by atoms with Crippen LogP contribution in [0, 0.1) is 6.92 Å². The highest BCUT2D eigenvalue weighted by Gasteiger charge is 2.61. The van der Waals surface area contributed by atoms with Crippen molar-refractivity contribution in [3.63, 3.8) is 0 Å². The zero-order chi connectivity index (χ0) is 22.9. The van der Waals surface area contributed by atoms with Crippen LogP contribution in [-0.2, 0) is 19.3 Å². The van der Waals surface area contributed by atoms with Crippen molar-refractivity contribution in [2.24, 2.45) is 5.10 Å². The van der Waals surface area contributed by atoms with Gasteiger partial charge in [-0.3, -0.25) is 14.4 Å². The van der Waals surface area contributed by atoms with Gasteiger partial charge in [-0.2, -0.15) is 5.01 Å². The average Bonchev–Trinajstić information content (AvgIpc) is 3.23. The van der Waals surface area contributed by atoms with Crippen molar-refractivity contribution in [3.8, 4) is 5.75 Å². The van der Waals surface area contributed by atoms with E-state index in [1.807, 2.05) is 55.5 Å². The van der Waals surface area contributed by atoms with E-state index in [4.69, 9.17) is 4.74 Å². The summed E-state index contributed by atoms with van der Waals surface area (Å²) in [5.41, 5.74) is 2.39. The highest BCUT2D eigenvalue weighted by molar-refractivity contribution is 8.15. The minimum Gasteiger partial charge on any atom is -0.494 e. The number of ether oxygens (including phenoxy) is 1. The summed E-state index contributed by atoms with van der Waals surface area (Å²) in [5.74, 6) is -0.188. The van der Waals surface area contributed by atoms with Crippen LogP contribution in [0.1, 0.15) is 31.4 Å². The van der Waals surface area contributed by atoms with Gasteiger partial charge in [0.25, 0.3) is 5.91 Å². The van der Waals surface area contributed by atoms with Crippen molar-refractivity contribution >= 4 is 40.3 Å². The fourth-order valence-corrected chi connectivity index (χ4v) is 5.20. The molecule has 2 aliphatic heterocycles. The zero-order valence-corrected chi connectivity index (χ0v) is 18.9. The van der Waals surface area contributed by atoms with Gasteiger partial charge in [0, 0.05) is 26.0 Å². The number of thioether (sulfide) groups is 1. The van der Waals surface area contributed by atoms with Crippen molar-refractivity contribution in [3.05, 3.63) is 59.7 Å². The van der Waals surface area contributed by atoms with Gasteiger partial charge in [-0.15, -0.1) is 5.10 Å². The minimum atomic E-state index is -1.37. The number of anilines is 1. The van der Waals surface area contributed by atoms with Gasteiger partial charge in [0.15, 0.2) is 5.17 Å². The molecular formula is C23H24N4O4S. The van der Waals surface area contributed by atoms with Gasteiger partial charge in [-0.25, -0.2) is 0 Å². The maximum Gasteiger partial charge on any atom is 0.270 e. The second-order valence-corrected chi connectivity index (χ2v) is 8.84. The van der Waals surface area contributed by atoms with E-state index in [9.17, 15) is 14.4 Å². The topological polar surface area (TPSA) is 91.3 Å². The van der Waals surface area contributed by atoms with Crippen molar-refractivity contribution in [1.82, 2.24) is 10.3 Å². The number of hydrogen-bond donors (Lipinski definition) is 1. The number of amides is 3. The first-order valence-corrected chi connectivity index (χ1v) is 11.1. The Morgan fingerprint density at radius 3 is 2.59 bits per heavy atom. The SMILES string of the molecule is CC(=O)NC1=NN(C(C)=O)[C@]2(S1)C(=O)N(CCCOc1ccccc1)c1ccc(C)cc12. The Hall–Kier alpha value is -3.33. The summed E-state index contributed by atoms with van der Waals surface area (Å²) >= 11 is 1.09. The number of hydrazone groups is 1. The van der Waals surface area contributed by atoms with Crippen LogP contribution in [0.5, 0.6) is 5.75 Å². The Kier molecular flexibility index (Phi) is 5.92. The van der Waals surface area contributed by atoms with Gasteiger partial charge >= 0.3 is 0 Å². The van der Waals surface area contributed by atoms with Gasteiger partial charge in [-0.05, 0) is 43.3 Å². The van der Waals surface area contributed by atoms with E-state index >= 15 is 0 Å². The minimum absolute atomic E-state index is 0.225. The molecule has 1 atom stereocenters. The predicted octanol–water partition coefficient (Wildman–Crippen LogP) is 2.97. The molecule has 4 rings (SSSR count). The molecule has 0 bridgehead atoms. The van der Waals surface area contributed by atoms with Crippen LogP contribution in [0.4, 0.5) is 5.69 Å². The van der Waals surface area contributed by atoms with Crippen LogP contribution in [-0.4, -0.2) is 41.0 Å². The number of aryl methyl sites for hydroxylation is 1. The first-order chi connectivity index (χ1) is 15.3. The molecule has 32 heavy (non-hydrogen) atoms. The lowest BCUT2D eigenvalue weighted by atomic mass is 10.0. The number of para-hydroxylation sites is 1. The van der Waals surface area contributed by atoms with Gasteiger partial charge < -0.3 is 15.0 Å². The maximum absolute atomic E-state index is 13.8. The number of amidine groups is 1. The third kappa shape index (κ3) is 3.84. The Balaban J connectivity index is 1.61. The number of hydrogen-bond acceptors (Lipinski definition) is 6. The monoisotopic (exact) mass is 452 g/mol. The number of carbonyl (C=O) groups excluding carboxylic acids is 3. The summed E-state index contributed by atoms with van der Waals surface area (Å²) in [6, 6.07) is 15.2. The molecule has 1 N–H and O–H groups in total. The average molecular weight is 453 g/mol. The molecule has 2 aromatic carbocycles. The molecule has 0 aliphatic carbocycles. The fourth-order valence-electron chi connectivity index (χ4n) is 3.88. The second-order valence-electron chi connectivity index (χ2n) is 7.66. The summed E-state index contributed by atoms with van der Waals surface area (Å²) in [6.07, 6.45) is 0.605. The third-order valence-corrected chi connectivity index (χ3v) is 6.44. The number of rotatable bonds is 5. The smallest absolute Gasteiger partial charge is 0.270 e. The lowest BCUT2D eigenvalue weighted by Gasteiger charge is -2.29. The number of fused-ring (bicyclic) bond motifs is 2. The summed E-state index contributed by atoms with van der Waals surface area (Å²) in [6.45, 7) is 5.52. The summed E-state index contributed by atoms with van der Waals surface area (Å²) in [4.78, 5) is 38.2. The van der Waals surface area contributed by atoms with E-state index in [-0.39, 0.29) is 22.9 Å². The highest BCUT2D eigenvalue weighted by atomic mass is 32.2. The van der Waals surface area contributed by atoms with Crippen LogP contribution < -0.4 is 15.0 Å². The Bertz CT molecular complexity index is 1100. The lowest BCUT2D eigenvalue weighted by molar-refractivity contribution is -0.139. The van der Waals surface area contributed by atoms with Crippen LogP contribution in [0.15, 0.2) is 53.6 Å². The maximum atomic E-state index is 13.8. The van der Waals surface area contributed by atoms with Crippen molar-refractivity contribution in [2.45, 2.75) is 32.1 Å². The molecule has 0 saturated carbocycles. The molecule has 0 radical (unpaired) electrons. The highest BCUT2D eigenvalue weighted by Crippen LogP contribution is 2.54. The number of nitrogens with one attached hydrogen (secondary N) is 1. The number of carbonyl (C=O) groups is 3. The van der Waals surface area contributed by atoms with Crippen molar-refractivity contribution in [1.29, 1.82) is 0 Å². The molecule has 0 unspecified atom stereocenters. The van der Waals surface area contributed by atoms with Gasteiger partial charge in [0.05, 0.1) is 12.3 Å². The molecule has 0 fully saturated rings. The quantitative estimate of drug-likeness (QED) is 0.705. The Morgan fingerprint density at radius 2 is 1.91 bits per heavy atom. The van der Waals surface area contributed by atoms with Gasteiger partial charge in [-0.1, -0.05) is 35.9 Å². The molecule has 2 aromatic rings. The molecule has 0 aromatic heterocycles. The van der Waals surface area contributed by atoms with E-state index < -0.39 is 4.87 Å². The molecule has 3 amide bonds. The van der Waals surface area contributed by atoms with Crippen molar-refractivity contribution < 1.29 is 19.1 Å². The summed E-state index contributed by atoms with van der Waals surface area (Å²) in [5, 5.41) is 8.30. The molecular weight excluding hydrogens is 428 g/mol. The number of benzene rings is 2. The lowest BCUT2D eigenvalue weighted by Crippen LogP contribution is -2.48. The molecule has 9 heteroatoms. The van der Waals surface area contributed by atoms with E-state index in [2.05, 4.69) is 10.4 Å². The molecule has 2 heterocycles. The van der Waals surface area contributed by atoms with E-state index in [1.54, 1.807) is 4.90 Å². The second kappa shape index (κ2) is 8.66. The largest absolute Gasteiger partial charge is 0.494 e. The van der Waals surface area contributed by atoms with Gasteiger partial charge in [0.2, 0.25) is 16.7 Å². The summed E-state index contributed by atoms with van der Waals surface area (Å²) in [7, 11) is 0. The van der Waals surface area contributed by atoms with E-state index in [0.717, 1.165) is 28.8 Å². The Labute approximate surface area is 190 Å². The third-order valence-electron chi connectivity index (χ3n) is 5.20. The van der Waals surface area contributed by atoms with Crippen LogP contribution in [0.25, 0.3) is 0 Å². The van der Waals surface area contributed by atoms with E-state index in [0.29, 0.717) is 25.1 Å². The first-order valence-electron chi connectivity index (χ1n) is 10.3. The molecule has 0 saturated heterocycles. The molecule has 1 spiro atoms. The van der Waals surface area contributed by atoms with Crippen LogP contribution >= 0.6 is 11.8 Å². The zero-order valence-electron chi connectivity index (χ0n) is 18.1. The standard InChI is InChI=1S/C23H24N4O4S/c1-15-10-11-20-19(14-15)23(27(17(3)29)25-22(32-23)24-16(2)28)21(30)26(20)12-7-13-31-18-8-5-4-6-9-18/h4-6,8-11,14H,7,12-13H2,1-3H3,(H,24,25,28)/t23-/m1/s1. The molecule has 2 aliphatic rings. The summed E-state index contributed by atoms with van der Waals surface area (Å²) < 4.78 is 5.77. The van der Waals surface area contributed by atoms with Crippen molar-refractivity contribution in [2.75, 3.05) is 18.1 Å². The normalized spacial score (nSPS) is 19.2. The molecule has 8 nitrogen and oxygen atoms in total. The molecule has 166 valence electrons. The van der Waals surface area contributed by atoms with Crippen LogP contribution in [0.2, 0.25) is 0 Å². The first kappa shape index (κ1) is 21.9. The fraction of sp³-hybridized carbons (Fsp3) is 0.304. The predicted molar refractivity (Wildman–Crippen MR) is 123 cm³/mol. The van der Waals surface area contributed by atoms with Gasteiger partial charge in [0.1, 0.15) is 5.75 Å². The van der Waals surface area contributed by atoms with E-state index in [1.165, 1.54) is 18.9 Å².